The van der Waals surface area contributed by atoms with E-state index in [2.05, 4.69) is 6.58 Å². The Morgan fingerprint density at radius 2 is 2.09 bits per heavy atom. The van der Waals surface area contributed by atoms with E-state index in [0.29, 0.717) is 12.2 Å². The molecule has 0 saturated heterocycles. The summed E-state index contributed by atoms with van der Waals surface area (Å²) < 4.78 is 4.94. The van der Waals surface area contributed by atoms with Crippen LogP contribution in [0.3, 0.4) is 0 Å². The number of allylic oxidation sites excluding steroid dienone is 3. The third-order valence-electron chi connectivity index (χ3n) is 1.19. The first kappa shape index (κ1) is 9.95. The second kappa shape index (κ2) is 5.71. The summed E-state index contributed by atoms with van der Waals surface area (Å²) in [5.74, 6) is 0.479. The van der Waals surface area contributed by atoms with Crippen molar-refractivity contribution >= 4 is 5.97 Å². The van der Waals surface area contributed by atoms with E-state index in [1.807, 2.05) is 6.92 Å². The van der Waals surface area contributed by atoms with Crippen molar-refractivity contribution in [3.8, 4) is 0 Å². The molecule has 0 heterocycles. The zero-order valence-electron chi connectivity index (χ0n) is 7.09. The van der Waals surface area contributed by atoms with Gasteiger partial charge in [0.05, 0.1) is 0 Å². The van der Waals surface area contributed by atoms with Gasteiger partial charge in [-0.2, -0.15) is 0 Å². The predicted molar refractivity (Wildman–Crippen MR) is 45.0 cm³/mol. The van der Waals surface area contributed by atoms with E-state index in [0.717, 1.165) is 6.42 Å². The number of hydrogen-bond acceptors (Lipinski definition) is 2. The van der Waals surface area contributed by atoms with Crippen molar-refractivity contribution in [2.24, 2.45) is 0 Å². The van der Waals surface area contributed by atoms with Gasteiger partial charge in [-0.05, 0) is 6.08 Å². The first-order valence-corrected chi connectivity index (χ1v) is 3.76. The number of carbonyl (C=O) groups excluding carboxylic acids is 1. The minimum atomic E-state index is -0.194. The molecule has 0 unspecified atom stereocenters. The van der Waals surface area contributed by atoms with Crippen LogP contribution in [0.5, 0.6) is 0 Å². The second-order valence-electron chi connectivity index (χ2n) is 2.05. The third kappa shape index (κ3) is 4.37. The fraction of sp³-hybridized carbons (Fsp3) is 0.444. The summed E-state index contributed by atoms with van der Waals surface area (Å²) >= 11 is 0. The molecule has 0 aliphatic rings. The third-order valence-corrected chi connectivity index (χ3v) is 1.19. The maximum atomic E-state index is 10.8. The molecule has 0 atom stereocenters. The van der Waals surface area contributed by atoms with Gasteiger partial charge in [-0.3, -0.25) is 4.79 Å². The summed E-state index contributed by atoms with van der Waals surface area (Å²) in [5.41, 5.74) is 0. The van der Waals surface area contributed by atoms with Gasteiger partial charge in [0.15, 0.2) is 0 Å². The first-order valence-electron chi connectivity index (χ1n) is 3.76. The molecule has 0 saturated carbocycles. The Labute approximate surface area is 67.6 Å². The summed E-state index contributed by atoms with van der Waals surface area (Å²) in [5, 5.41) is 0. The number of hydrogen-bond donors (Lipinski definition) is 0. The van der Waals surface area contributed by atoms with Crippen LogP contribution in [-0.2, 0) is 9.53 Å². The van der Waals surface area contributed by atoms with Crippen molar-refractivity contribution in [2.75, 3.05) is 0 Å². The second-order valence-corrected chi connectivity index (χ2v) is 2.05. The van der Waals surface area contributed by atoms with Gasteiger partial charge in [-0.15, -0.1) is 0 Å². The summed E-state index contributed by atoms with van der Waals surface area (Å²) in [6.07, 6.45) is 4.45. The van der Waals surface area contributed by atoms with Crippen LogP contribution in [0.15, 0.2) is 24.5 Å². The van der Waals surface area contributed by atoms with Crippen molar-refractivity contribution in [3.63, 3.8) is 0 Å². The molecule has 0 bridgehead atoms. The van der Waals surface area contributed by atoms with Crippen LogP contribution in [0, 0.1) is 0 Å². The number of ether oxygens (including phenoxy) is 1. The molecule has 0 aliphatic heterocycles. The summed E-state index contributed by atoms with van der Waals surface area (Å²) in [6.45, 7) is 7.21. The maximum Gasteiger partial charge on any atom is 0.310 e. The Bertz CT molecular complexity index is 168. The molecule has 0 N–H and O–H groups in total. The van der Waals surface area contributed by atoms with Gasteiger partial charge in [0.1, 0.15) is 5.76 Å². The molecule has 2 heteroatoms. The van der Waals surface area contributed by atoms with Crippen molar-refractivity contribution in [2.45, 2.75) is 26.7 Å². The molecular formula is C9H14O2. The van der Waals surface area contributed by atoms with E-state index in [1.165, 1.54) is 0 Å². The van der Waals surface area contributed by atoms with Crippen LogP contribution in [0.1, 0.15) is 26.7 Å². The molecule has 0 aromatic carbocycles. The van der Waals surface area contributed by atoms with Crippen LogP contribution in [0.2, 0.25) is 0 Å². The molecule has 0 amide bonds. The lowest BCUT2D eigenvalue weighted by Crippen LogP contribution is -2.01. The average molecular weight is 154 g/mol. The molecule has 0 aromatic rings. The Kier molecular flexibility index (Phi) is 5.17. The number of esters is 1. The van der Waals surface area contributed by atoms with Gasteiger partial charge in [0.2, 0.25) is 0 Å². The Morgan fingerprint density at radius 1 is 1.45 bits per heavy atom. The molecule has 2 nitrogen and oxygen atoms in total. The minimum Gasteiger partial charge on any atom is -0.431 e. The van der Waals surface area contributed by atoms with Crippen molar-refractivity contribution in [3.05, 3.63) is 24.5 Å². The molecule has 0 aliphatic carbocycles. The predicted octanol–water partition coefficient (Wildman–Crippen LogP) is 2.42. The molecule has 0 radical (unpaired) electrons. The Hall–Kier alpha value is -1.05. The first-order chi connectivity index (χ1) is 5.24. The van der Waals surface area contributed by atoms with Crippen molar-refractivity contribution in [1.29, 1.82) is 0 Å². The largest absolute Gasteiger partial charge is 0.431 e. The molecule has 0 rings (SSSR count). The smallest absolute Gasteiger partial charge is 0.310 e. The van der Waals surface area contributed by atoms with Gasteiger partial charge >= 0.3 is 5.97 Å². The SMILES string of the molecule is C=CC=C(CC)OC(=O)CC. The quantitative estimate of drug-likeness (QED) is 0.353. The maximum absolute atomic E-state index is 10.8. The lowest BCUT2D eigenvalue weighted by Gasteiger charge is -2.03. The summed E-state index contributed by atoms with van der Waals surface area (Å²) in [7, 11) is 0. The van der Waals surface area contributed by atoms with Gasteiger partial charge < -0.3 is 4.74 Å². The normalized spacial score (nSPS) is 10.9. The van der Waals surface area contributed by atoms with Crippen LogP contribution in [-0.4, -0.2) is 5.97 Å². The highest BCUT2D eigenvalue weighted by Crippen LogP contribution is 2.04. The molecular weight excluding hydrogens is 140 g/mol. The van der Waals surface area contributed by atoms with Crippen molar-refractivity contribution < 1.29 is 9.53 Å². The van der Waals surface area contributed by atoms with E-state index in [-0.39, 0.29) is 5.97 Å². The molecule has 62 valence electrons. The zero-order chi connectivity index (χ0) is 8.69. The van der Waals surface area contributed by atoms with Crippen LogP contribution >= 0.6 is 0 Å². The minimum absolute atomic E-state index is 0.194. The molecule has 0 fully saturated rings. The molecule has 0 aromatic heterocycles. The van der Waals surface area contributed by atoms with E-state index in [4.69, 9.17) is 4.74 Å². The Balaban J connectivity index is 3.97. The average Bonchev–Trinajstić information content (AvgIpc) is 2.03. The number of rotatable bonds is 4. The monoisotopic (exact) mass is 154 g/mol. The van der Waals surface area contributed by atoms with Gasteiger partial charge in [-0.25, -0.2) is 0 Å². The highest BCUT2D eigenvalue weighted by Gasteiger charge is 2.00. The highest BCUT2D eigenvalue weighted by atomic mass is 16.5. The van der Waals surface area contributed by atoms with Crippen LogP contribution in [0.4, 0.5) is 0 Å². The standard InChI is InChI=1S/C9H14O2/c1-4-7-8(5-2)11-9(10)6-3/h4,7H,1,5-6H2,2-3H3. The van der Waals surface area contributed by atoms with Crippen molar-refractivity contribution in [1.82, 2.24) is 0 Å². The fourth-order valence-corrected chi connectivity index (χ4v) is 0.574. The van der Waals surface area contributed by atoms with E-state index < -0.39 is 0 Å². The molecule has 0 spiro atoms. The fourth-order valence-electron chi connectivity index (χ4n) is 0.574. The summed E-state index contributed by atoms with van der Waals surface area (Å²) in [4.78, 5) is 10.8. The topological polar surface area (TPSA) is 26.3 Å². The van der Waals surface area contributed by atoms with Gasteiger partial charge in [0.25, 0.3) is 0 Å². The van der Waals surface area contributed by atoms with Gasteiger partial charge in [0, 0.05) is 12.8 Å². The van der Waals surface area contributed by atoms with E-state index in [9.17, 15) is 4.79 Å². The zero-order valence-corrected chi connectivity index (χ0v) is 7.09. The highest BCUT2D eigenvalue weighted by molar-refractivity contribution is 5.70. The van der Waals surface area contributed by atoms with Crippen LogP contribution < -0.4 is 0 Å². The molecule has 11 heavy (non-hydrogen) atoms. The Morgan fingerprint density at radius 3 is 2.45 bits per heavy atom. The van der Waals surface area contributed by atoms with Gasteiger partial charge in [-0.1, -0.05) is 26.5 Å². The number of carbonyl (C=O) groups is 1. The van der Waals surface area contributed by atoms with Crippen LogP contribution in [0.25, 0.3) is 0 Å². The lowest BCUT2D eigenvalue weighted by molar-refractivity contribution is -0.139. The lowest BCUT2D eigenvalue weighted by atomic mass is 10.3. The van der Waals surface area contributed by atoms with E-state index in [1.54, 1.807) is 19.1 Å². The van der Waals surface area contributed by atoms with E-state index >= 15 is 0 Å². The summed E-state index contributed by atoms with van der Waals surface area (Å²) in [6, 6.07) is 0.